The van der Waals surface area contributed by atoms with Gasteiger partial charge >= 0.3 is 5.97 Å². The van der Waals surface area contributed by atoms with E-state index in [-0.39, 0.29) is 18.6 Å². The number of nitrogens with one attached hydrogen (secondary N) is 1. The maximum absolute atomic E-state index is 11.6. The number of amides is 1. The minimum atomic E-state index is -0.586. The van der Waals surface area contributed by atoms with Crippen molar-refractivity contribution in [3.63, 3.8) is 0 Å². The highest BCUT2D eigenvalue weighted by atomic mass is 16.5. The van der Waals surface area contributed by atoms with E-state index in [0.29, 0.717) is 11.5 Å². The summed E-state index contributed by atoms with van der Waals surface area (Å²) in [6, 6.07) is 8.80. The van der Waals surface area contributed by atoms with Gasteiger partial charge in [-0.05, 0) is 36.6 Å². The monoisotopic (exact) mass is 300 g/mol. The molecule has 1 aromatic carbocycles. The predicted octanol–water partition coefficient (Wildman–Crippen LogP) is 2.28. The maximum atomic E-state index is 11.6. The van der Waals surface area contributed by atoms with Crippen molar-refractivity contribution in [1.29, 1.82) is 5.26 Å². The van der Waals surface area contributed by atoms with Gasteiger partial charge in [-0.1, -0.05) is 26.0 Å². The first-order valence-electron chi connectivity index (χ1n) is 7.06. The molecule has 0 fully saturated rings. The third kappa shape index (κ3) is 6.23. The first-order chi connectivity index (χ1) is 10.4. The molecule has 0 saturated carbocycles. The van der Waals surface area contributed by atoms with Crippen LogP contribution in [-0.2, 0) is 14.3 Å². The summed E-state index contributed by atoms with van der Waals surface area (Å²) in [5.74, 6) is -0.589. The molecule has 5 nitrogen and oxygen atoms in total. The second-order valence-corrected chi connectivity index (χ2v) is 5.28. The van der Waals surface area contributed by atoms with Crippen molar-refractivity contribution >= 4 is 18.0 Å². The molecule has 0 heterocycles. The normalized spacial score (nSPS) is 12.0. The molecular formula is C17H20N2O3. The lowest BCUT2D eigenvalue weighted by atomic mass is 10.1. The van der Waals surface area contributed by atoms with E-state index in [1.54, 1.807) is 30.3 Å². The van der Waals surface area contributed by atoms with Crippen LogP contribution in [0.2, 0.25) is 0 Å². The van der Waals surface area contributed by atoms with Crippen LogP contribution in [0.5, 0.6) is 0 Å². The van der Waals surface area contributed by atoms with E-state index in [0.717, 1.165) is 5.56 Å². The molecule has 22 heavy (non-hydrogen) atoms. The fourth-order valence-corrected chi connectivity index (χ4v) is 1.48. The molecular weight excluding hydrogens is 280 g/mol. The Labute approximate surface area is 130 Å². The molecule has 0 spiro atoms. The number of esters is 1. The summed E-state index contributed by atoms with van der Waals surface area (Å²) >= 11 is 0. The van der Waals surface area contributed by atoms with Gasteiger partial charge in [0.2, 0.25) is 0 Å². The van der Waals surface area contributed by atoms with E-state index < -0.39 is 5.97 Å². The van der Waals surface area contributed by atoms with E-state index in [2.05, 4.69) is 5.32 Å². The number of nitriles is 1. The minimum Gasteiger partial charge on any atom is -0.452 e. The molecule has 1 N–H and O–H groups in total. The third-order valence-corrected chi connectivity index (χ3v) is 3.19. The number of carbonyl (C=O) groups is 2. The van der Waals surface area contributed by atoms with E-state index in [4.69, 9.17) is 10.00 Å². The molecule has 1 atom stereocenters. The Morgan fingerprint density at radius 3 is 2.45 bits per heavy atom. The lowest BCUT2D eigenvalue weighted by Gasteiger charge is -2.16. The minimum absolute atomic E-state index is 0.0281. The Balaban J connectivity index is 2.41. The molecule has 0 aromatic heterocycles. The van der Waals surface area contributed by atoms with Crippen LogP contribution < -0.4 is 5.32 Å². The number of benzene rings is 1. The molecule has 0 aliphatic carbocycles. The molecule has 1 amide bonds. The van der Waals surface area contributed by atoms with Crippen molar-refractivity contribution in [2.24, 2.45) is 5.92 Å². The third-order valence-electron chi connectivity index (χ3n) is 3.19. The van der Waals surface area contributed by atoms with Crippen molar-refractivity contribution in [1.82, 2.24) is 5.32 Å². The van der Waals surface area contributed by atoms with E-state index in [1.165, 1.54) is 6.08 Å². The van der Waals surface area contributed by atoms with Crippen LogP contribution >= 0.6 is 0 Å². The number of nitrogens with zero attached hydrogens (tertiary/aromatic N) is 1. The highest BCUT2D eigenvalue weighted by molar-refractivity contribution is 5.89. The van der Waals surface area contributed by atoms with Gasteiger partial charge in [-0.2, -0.15) is 5.26 Å². The molecule has 0 radical (unpaired) electrons. The first kappa shape index (κ1) is 17.4. The van der Waals surface area contributed by atoms with Gasteiger partial charge in [-0.25, -0.2) is 4.79 Å². The predicted molar refractivity (Wildman–Crippen MR) is 83.6 cm³/mol. The van der Waals surface area contributed by atoms with Gasteiger partial charge in [0.1, 0.15) is 0 Å². The topological polar surface area (TPSA) is 79.2 Å². The Hall–Kier alpha value is -2.61. The molecule has 1 aromatic rings. The van der Waals surface area contributed by atoms with E-state index in [9.17, 15) is 9.59 Å². The van der Waals surface area contributed by atoms with Crippen molar-refractivity contribution in [2.75, 3.05) is 6.61 Å². The molecule has 0 unspecified atom stereocenters. The van der Waals surface area contributed by atoms with Crippen LogP contribution in [0.4, 0.5) is 0 Å². The van der Waals surface area contributed by atoms with Gasteiger partial charge < -0.3 is 10.1 Å². The summed E-state index contributed by atoms with van der Waals surface area (Å²) in [6.07, 6.45) is 2.82. The van der Waals surface area contributed by atoms with Crippen molar-refractivity contribution in [2.45, 2.75) is 26.8 Å². The summed E-state index contributed by atoms with van der Waals surface area (Å²) in [5, 5.41) is 11.4. The molecule has 0 aliphatic rings. The van der Waals surface area contributed by atoms with Crippen LogP contribution in [0.3, 0.4) is 0 Å². The van der Waals surface area contributed by atoms with Crippen molar-refractivity contribution in [3.8, 4) is 6.07 Å². The van der Waals surface area contributed by atoms with Gasteiger partial charge in [0.15, 0.2) is 6.61 Å². The number of hydrogen-bond donors (Lipinski definition) is 1. The lowest BCUT2D eigenvalue weighted by molar-refractivity contribution is -0.144. The number of carbonyl (C=O) groups excluding carboxylic acids is 2. The van der Waals surface area contributed by atoms with Crippen LogP contribution in [0.1, 0.15) is 31.9 Å². The Morgan fingerprint density at radius 1 is 1.27 bits per heavy atom. The Kier molecular flexibility index (Phi) is 6.84. The van der Waals surface area contributed by atoms with Crippen LogP contribution in [0.25, 0.3) is 6.08 Å². The van der Waals surface area contributed by atoms with Gasteiger partial charge in [0, 0.05) is 12.1 Å². The second-order valence-electron chi connectivity index (χ2n) is 5.28. The Bertz CT molecular complexity index is 583. The average molecular weight is 300 g/mol. The Morgan fingerprint density at radius 2 is 1.91 bits per heavy atom. The maximum Gasteiger partial charge on any atom is 0.331 e. The SMILES string of the molecule is CC(C)[C@H](C)NC(=O)COC(=O)/C=C/c1ccc(C#N)cc1. The molecule has 0 saturated heterocycles. The summed E-state index contributed by atoms with van der Waals surface area (Å²) in [6.45, 7) is 5.59. The highest BCUT2D eigenvalue weighted by Gasteiger charge is 2.11. The summed E-state index contributed by atoms with van der Waals surface area (Å²) in [7, 11) is 0. The van der Waals surface area contributed by atoms with Gasteiger partial charge in [0.25, 0.3) is 5.91 Å². The average Bonchev–Trinajstić information content (AvgIpc) is 2.51. The largest absolute Gasteiger partial charge is 0.452 e. The zero-order valence-corrected chi connectivity index (χ0v) is 13.0. The number of rotatable bonds is 6. The van der Waals surface area contributed by atoms with Crippen LogP contribution in [0, 0.1) is 17.2 Å². The van der Waals surface area contributed by atoms with Crippen LogP contribution in [0.15, 0.2) is 30.3 Å². The highest BCUT2D eigenvalue weighted by Crippen LogP contribution is 2.05. The second kappa shape index (κ2) is 8.63. The fraction of sp³-hybridized carbons (Fsp3) is 0.353. The molecule has 116 valence electrons. The standard InChI is InChI=1S/C17H20N2O3/c1-12(2)13(3)19-16(20)11-22-17(21)9-8-14-4-6-15(10-18)7-5-14/h4-9,12-13H,11H2,1-3H3,(H,19,20)/b9-8+/t13-/m0/s1. The molecule has 0 aliphatic heterocycles. The summed E-state index contributed by atoms with van der Waals surface area (Å²) < 4.78 is 4.86. The smallest absolute Gasteiger partial charge is 0.331 e. The molecule has 5 heteroatoms. The number of ether oxygens (including phenoxy) is 1. The van der Waals surface area contributed by atoms with E-state index >= 15 is 0 Å². The summed E-state index contributed by atoms with van der Waals surface area (Å²) in [4.78, 5) is 23.1. The van der Waals surface area contributed by atoms with Gasteiger partial charge in [0.05, 0.1) is 11.6 Å². The van der Waals surface area contributed by atoms with Gasteiger partial charge in [-0.15, -0.1) is 0 Å². The zero-order chi connectivity index (χ0) is 16.5. The number of hydrogen-bond acceptors (Lipinski definition) is 4. The quantitative estimate of drug-likeness (QED) is 0.645. The molecule has 1 rings (SSSR count). The molecule has 0 bridgehead atoms. The van der Waals surface area contributed by atoms with Crippen LogP contribution in [-0.4, -0.2) is 24.5 Å². The fourth-order valence-electron chi connectivity index (χ4n) is 1.48. The van der Waals surface area contributed by atoms with Gasteiger partial charge in [-0.3, -0.25) is 4.79 Å². The summed E-state index contributed by atoms with van der Waals surface area (Å²) in [5.41, 5.74) is 1.32. The van der Waals surface area contributed by atoms with Crippen molar-refractivity contribution in [3.05, 3.63) is 41.5 Å². The van der Waals surface area contributed by atoms with E-state index in [1.807, 2.05) is 26.8 Å². The lowest BCUT2D eigenvalue weighted by Crippen LogP contribution is -2.38. The van der Waals surface area contributed by atoms with Crippen molar-refractivity contribution < 1.29 is 14.3 Å². The zero-order valence-electron chi connectivity index (χ0n) is 13.0. The first-order valence-corrected chi connectivity index (χ1v) is 7.06.